The fourth-order valence-corrected chi connectivity index (χ4v) is 7.55. The number of para-hydroxylation sites is 1. The number of primary sulfonamides is 1. The van der Waals surface area contributed by atoms with Crippen molar-refractivity contribution in [2.75, 3.05) is 0 Å². The summed E-state index contributed by atoms with van der Waals surface area (Å²) < 4.78 is 24.7. The molecule has 2 bridgehead atoms. The number of nitrogens with two attached hydrogens (primary N) is 1. The number of benzene rings is 2. The Morgan fingerprint density at radius 3 is 2.53 bits per heavy atom. The second-order valence-electron chi connectivity index (χ2n) is 10.7. The molecule has 2 aromatic carbocycles. The standard InChI is InChI=1S/C28H34N4O4S2/c1-17(24-16-20-7-10-21(24)15-20)30-26(33)18(2)37-28-31-25-6-4-3-5-23(25)27(34)32(28)14-13-19-8-11-22(12-9-19)38(29,35)36/h3-6,8-9,11-12,17-18,20-21,24H,7,10,13-16H2,1-2H3,(H,30,33)(H2,29,35,36)/t17-,18+,20+,21+,24+/m1/s1. The van der Waals surface area contributed by atoms with Gasteiger partial charge >= 0.3 is 0 Å². The van der Waals surface area contributed by atoms with E-state index in [9.17, 15) is 18.0 Å². The van der Waals surface area contributed by atoms with Gasteiger partial charge in [-0.05, 0) is 87.1 Å². The van der Waals surface area contributed by atoms with Gasteiger partial charge in [-0.25, -0.2) is 18.5 Å². The summed E-state index contributed by atoms with van der Waals surface area (Å²) >= 11 is 1.29. The van der Waals surface area contributed by atoms with Gasteiger partial charge in [0.05, 0.1) is 21.0 Å². The molecule has 3 N–H and O–H groups in total. The van der Waals surface area contributed by atoms with E-state index < -0.39 is 15.3 Å². The van der Waals surface area contributed by atoms with E-state index in [2.05, 4.69) is 12.2 Å². The zero-order valence-corrected chi connectivity index (χ0v) is 23.3. The molecule has 1 heterocycles. The van der Waals surface area contributed by atoms with Gasteiger partial charge in [-0.3, -0.25) is 14.2 Å². The van der Waals surface area contributed by atoms with Crippen molar-refractivity contribution in [2.24, 2.45) is 22.9 Å². The van der Waals surface area contributed by atoms with Crippen LogP contribution in [0, 0.1) is 17.8 Å². The molecule has 0 aliphatic heterocycles. The first-order chi connectivity index (χ1) is 18.1. The number of sulfonamides is 1. The van der Waals surface area contributed by atoms with Crippen LogP contribution in [0.2, 0.25) is 0 Å². The molecule has 5 atom stereocenters. The second-order valence-corrected chi connectivity index (χ2v) is 13.6. The number of carbonyl (C=O) groups is 1. The Morgan fingerprint density at radius 2 is 1.87 bits per heavy atom. The Morgan fingerprint density at radius 1 is 1.13 bits per heavy atom. The zero-order chi connectivity index (χ0) is 27.0. The molecule has 0 unspecified atom stereocenters. The SMILES string of the molecule is C[C@H](Sc1nc2ccccc2c(=O)n1CCc1ccc(S(N)(=O)=O)cc1)C(=O)N[C@H](C)[C@@H]1C[C@H]2CC[C@H]1C2. The summed E-state index contributed by atoms with van der Waals surface area (Å²) in [5.41, 5.74) is 1.29. The molecule has 2 aliphatic rings. The first kappa shape index (κ1) is 26.9. The first-order valence-electron chi connectivity index (χ1n) is 13.2. The topological polar surface area (TPSA) is 124 Å². The number of fused-ring (bicyclic) bond motifs is 3. The summed E-state index contributed by atoms with van der Waals surface area (Å²) in [6.07, 6.45) is 5.60. The smallest absolute Gasteiger partial charge is 0.262 e. The van der Waals surface area contributed by atoms with E-state index in [4.69, 9.17) is 10.1 Å². The van der Waals surface area contributed by atoms with Crippen LogP contribution in [0.1, 0.15) is 45.1 Å². The number of nitrogens with zero attached hydrogens (tertiary/aromatic N) is 2. The Balaban J connectivity index is 1.33. The van der Waals surface area contributed by atoms with E-state index >= 15 is 0 Å². The van der Waals surface area contributed by atoms with Crippen molar-refractivity contribution < 1.29 is 13.2 Å². The number of hydrogen-bond acceptors (Lipinski definition) is 6. The predicted molar refractivity (Wildman–Crippen MR) is 149 cm³/mol. The van der Waals surface area contributed by atoms with Crippen molar-refractivity contribution in [3.8, 4) is 0 Å². The van der Waals surface area contributed by atoms with Crippen LogP contribution in [0.15, 0.2) is 63.4 Å². The van der Waals surface area contributed by atoms with E-state index in [1.165, 1.54) is 49.6 Å². The van der Waals surface area contributed by atoms with Gasteiger partial charge < -0.3 is 5.32 Å². The fourth-order valence-electron chi connectivity index (χ4n) is 6.09. The molecule has 202 valence electrons. The van der Waals surface area contributed by atoms with Gasteiger partial charge in [-0.1, -0.05) is 42.4 Å². The van der Waals surface area contributed by atoms with Crippen molar-refractivity contribution in [1.29, 1.82) is 0 Å². The Kier molecular flexibility index (Phi) is 7.66. The number of carbonyl (C=O) groups excluding carboxylic acids is 1. The number of nitrogens with one attached hydrogen (secondary N) is 1. The number of rotatable bonds is 9. The average molecular weight is 555 g/mol. The van der Waals surface area contributed by atoms with Crippen molar-refractivity contribution in [2.45, 2.75) is 73.8 Å². The van der Waals surface area contributed by atoms with Crippen LogP contribution >= 0.6 is 11.8 Å². The van der Waals surface area contributed by atoms with Crippen molar-refractivity contribution in [1.82, 2.24) is 14.9 Å². The van der Waals surface area contributed by atoms with Crippen LogP contribution in [0.4, 0.5) is 0 Å². The highest BCUT2D eigenvalue weighted by molar-refractivity contribution is 8.00. The van der Waals surface area contributed by atoms with E-state index in [1.54, 1.807) is 28.8 Å². The monoisotopic (exact) mass is 554 g/mol. The quantitative estimate of drug-likeness (QED) is 0.307. The lowest BCUT2D eigenvalue weighted by Gasteiger charge is -2.29. The number of aryl methyl sites for hydroxylation is 1. The molecule has 0 saturated heterocycles. The van der Waals surface area contributed by atoms with E-state index in [0.29, 0.717) is 34.9 Å². The predicted octanol–water partition coefficient (Wildman–Crippen LogP) is 3.71. The van der Waals surface area contributed by atoms with Gasteiger partial charge in [0.2, 0.25) is 15.9 Å². The molecule has 5 rings (SSSR count). The van der Waals surface area contributed by atoms with Gasteiger partial charge in [0.1, 0.15) is 0 Å². The van der Waals surface area contributed by atoms with Crippen LogP contribution in [-0.4, -0.2) is 35.2 Å². The van der Waals surface area contributed by atoms with Crippen LogP contribution in [0.25, 0.3) is 10.9 Å². The van der Waals surface area contributed by atoms with E-state index in [-0.39, 0.29) is 22.4 Å². The molecule has 38 heavy (non-hydrogen) atoms. The lowest BCUT2D eigenvalue weighted by molar-refractivity contribution is -0.121. The fraction of sp³-hybridized carbons (Fsp3) is 0.464. The third-order valence-electron chi connectivity index (χ3n) is 8.16. The molecule has 1 amide bonds. The summed E-state index contributed by atoms with van der Waals surface area (Å²) in [5, 5.41) is 9.02. The van der Waals surface area contributed by atoms with Crippen molar-refractivity contribution in [3.63, 3.8) is 0 Å². The number of hydrogen-bond donors (Lipinski definition) is 2. The third kappa shape index (κ3) is 5.67. The highest BCUT2D eigenvalue weighted by Crippen LogP contribution is 2.49. The van der Waals surface area contributed by atoms with Gasteiger partial charge in [-0.2, -0.15) is 0 Å². The van der Waals surface area contributed by atoms with Gasteiger partial charge in [0.25, 0.3) is 5.56 Å². The number of aromatic nitrogens is 2. The van der Waals surface area contributed by atoms with Gasteiger partial charge in [-0.15, -0.1) is 0 Å². The lowest BCUT2D eigenvalue weighted by Crippen LogP contribution is -2.43. The molecule has 8 nitrogen and oxygen atoms in total. The molecule has 0 radical (unpaired) electrons. The molecule has 2 fully saturated rings. The molecule has 10 heteroatoms. The molecular weight excluding hydrogens is 520 g/mol. The van der Waals surface area contributed by atoms with Crippen molar-refractivity contribution >= 4 is 38.6 Å². The minimum Gasteiger partial charge on any atom is -0.352 e. The van der Waals surface area contributed by atoms with E-state index in [1.807, 2.05) is 19.1 Å². The normalized spacial score (nSPS) is 22.4. The molecule has 3 aromatic rings. The highest BCUT2D eigenvalue weighted by Gasteiger charge is 2.42. The summed E-state index contributed by atoms with van der Waals surface area (Å²) in [5.74, 6) is 2.05. The molecule has 2 saturated carbocycles. The summed E-state index contributed by atoms with van der Waals surface area (Å²) in [6, 6.07) is 13.7. The second kappa shape index (κ2) is 10.8. The van der Waals surface area contributed by atoms with Crippen LogP contribution in [0.3, 0.4) is 0 Å². The number of amides is 1. The van der Waals surface area contributed by atoms with Gasteiger partial charge in [0.15, 0.2) is 5.16 Å². The molecule has 2 aliphatic carbocycles. The maximum Gasteiger partial charge on any atom is 0.262 e. The van der Waals surface area contributed by atoms with Crippen LogP contribution in [-0.2, 0) is 27.8 Å². The number of thioether (sulfide) groups is 1. The lowest BCUT2D eigenvalue weighted by atomic mass is 9.84. The Labute approximate surface area is 227 Å². The molecule has 0 spiro atoms. The first-order valence-corrected chi connectivity index (χ1v) is 15.6. The highest BCUT2D eigenvalue weighted by atomic mass is 32.2. The average Bonchev–Trinajstić information content (AvgIpc) is 3.52. The van der Waals surface area contributed by atoms with Gasteiger partial charge in [0, 0.05) is 12.6 Å². The maximum atomic E-state index is 13.4. The summed E-state index contributed by atoms with van der Waals surface area (Å²) in [6.45, 7) is 4.31. The largest absolute Gasteiger partial charge is 0.352 e. The minimum absolute atomic E-state index is 0.0431. The van der Waals surface area contributed by atoms with Crippen LogP contribution < -0.4 is 16.0 Å². The van der Waals surface area contributed by atoms with Crippen LogP contribution in [0.5, 0.6) is 0 Å². The minimum atomic E-state index is -3.77. The Bertz CT molecular complexity index is 1500. The third-order valence-corrected chi connectivity index (χ3v) is 10.2. The molecular formula is C28H34N4O4S2. The molecule has 1 aromatic heterocycles. The Hall–Kier alpha value is -2.69. The zero-order valence-electron chi connectivity index (χ0n) is 21.7. The van der Waals surface area contributed by atoms with Crippen molar-refractivity contribution in [3.05, 3.63) is 64.4 Å². The summed E-state index contributed by atoms with van der Waals surface area (Å²) in [4.78, 5) is 31.4. The van der Waals surface area contributed by atoms with E-state index in [0.717, 1.165) is 17.4 Å². The summed E-state index contributed by atoms with van der Waals surface area (Å²) in [7, 11) is -3.77. The maximum absolute atomic E-state index is 13.4.